The third kappa shape index (κ3) is 2.44. The molecular formula is C16H22N2O. The standard InChI is InChI=1S/C16H22N2O/c17-14-7-3-1-2-6-12(14)16(19)13-9-8-11-5-4-10-18-15(11)13/h4-5,10,12-14H,1-3,6-9,17H2. The Kier molecular flexibility index (Phi) is 3.65. The minimum atomic E-state index is 0.00495. The van der Waals surface area contributed by atoms with Crippen LogP contribution in [0.4, 0.5) is 0 Å². The Bertz CT molecular complexity index is 472. The number of aromatic nitrogens is 1. The molecule has 0 radical (unpaired) electrons. The van der Waals surface area contributed by atoms with Gasteiger partial charge in [-0.25, -0.2) is 0 Å². The molecule has 1 heterocycles. The van der Waals surface area contributed by atoms with E-state index in [9.17, 15) is 4.79 Å². The van der Waals surface area contributed by atoms with E-state index in [-0.39, 0.29) is 17.9 Å². The monoisotopic (exact) mass is 258 g/mol. The highest BCUT2D eigenvalue weighted by molar-refractivity contribution is 5.89. The molecule has 3 nitrogen and oxygen atoms in total. The summed E-state index contributed by atoms with van der Waals surface area (Å²) in [5.41, 5.74) is 8.50. The van der Waals surface area contributed by atoms with Crippen LogP contribution in [0.2, 0.25) is 0 Å². The van der Waals surface area contributed by atoms with Crippen LogP contribution in [0.15, 0.2) is 18.3 Å². The smallest absolute Gasteiger partial charge is 0.146 e. The number of fused-ring (bicyclic) bond motifs is 1. The number of aryl methyl sites for hydroxylation is 1. The van der Waals surface area contributed by atoms with Crippen LogP contribution in [0.5, 0.6) is 0 Å². The number of carbonyl (C=O) groups is 1. The van der Waals surface area contributed by atoms with Gasteiger partial charge in [-0.3, -0.25) is 9.78 Å². The van der Waals surface area contributed by atoms with E-state index in [1.54, 1.807) is 6.20 Å². The summed E-state index contributed by atoms with van der Waals surface area (Å²) in [7, 11) is 0. The Morgan fingerprint density at radius 1 is 1.21 bits per heavy atom. The second-order valence-corrected chi connectivity index (χ2v) is 5.95. The normalized spacial score (nSPS) is 30.7. The summed E-state index contributed by atoms with van der Waals surface area (Å²) >= 11 is 0. The summed E-state index contributed by atoms with van der Waals surface area (Å²) < 4.78 is 0. The first-order chi connectivity index (χ1) is 9.27. The lowest BCUT2D eigenvalue weighted by molar-refractivity contribution is -0.125. The Hall–Kier alpha value is -1.22. The molecule has 102 valence electrons. The number of hydrogen-bond donors (Lipinski definition) is 1. The van der Waals surface area contributed by atoms with Gasteiger partial charge in [-0.1, -0.05) is 25.3 Å². The van der Waals surface area contributed by atoms with Crippen molar-refractivity contribution in [2.75, 3.05) is 0 Å². The van der Waals surface area contributed by atoms with E-state index >= 15 is 0 Å². The summed E-state index contributed by atoms with van der Waals surface area (Å²) in [5, 5.41) is 0. The van der Waals surface area contributed by atoms with Crippen molar-refractivity contribution in [3.63, 3.8) is 0 Å². The summed E-state index contributed by atoms with van der Waals surface area (Å²) in [4.78, 5) is 17.2. The molecule has 19 heavy (non-hydrogen) atoms. The van der Waals surface area contributed by atoms with Crippen molar-refractivity contribution in [1.29, 1.82) is 0 Å². The topological polar surface area (TPSA) is 56.0 Å². The fraction of sp³-hybridized carbons (Fsp3) is 0.625. The maximum absolute atomic E-state index is 12.8. The molecule has 0 bridgehead atoms. The molecule has 3 heteroatoms. The lowest BCUT2D eigenvalue weighted by atomic mass is 9.83. The maximum atomic E-state index is 12.8. The number of ketones is 1. The molecule has 0 saturated heterocycles. The van der Waals surface area contributed by atoms with Gasteiger partial charge in [0.2, 0.25) is 0 Å². The maximum Gasteiger partial charge on any atom is 0.146 e. The predicted molar refractivity (Wildman–Crippen MR) is 74.9 cm³/mol. The van der Waals surface area contributed by atoms with Crippen molar-refractivity contribution in [1.82, 2.24) is 4.98 Å². The molecule has 1 aromatic rings. The van der Waals surface area contributed by atoms with Gasteiger partial charge in [-0.15, -0.1) is 0 Å². The average molecular weight is 258 g/mol. The lowest BCUT2D eigenvalue weighted by Gasteiger charge is -2.23. The highest BCUT2D eigenvalue weighted by Crippen LogP contribution is 2.36. The number of nitrogens with two attached hydrogens (primary N) is 1. The minimum Gasteiger partial charge on any atom is -0.327 e. The van der Waals surface area contributed by atoms with Gasteiger partial charge in [-0.05, 0) is 37.3 Å². The zero-order valence-corrected chi connectivity index (χ0v) is 11.3. The third-order valence-corrected chi connectivity index (χ3v) is 4.74. The molecule has 2 aliphatic rings. The number of hydrogen-bond acceptors (Lipinski definition) is 3. The predicted octanol–water partition coefficient (Wildman–Crippen LogP) is 2.59. The van der Waals surface area contributed by atoms with Crippen molar-refractivity contribution in [3.8, 4) is 0 Å². The van der Waals surface area contributed by atoms with Crippen LogP contribution in [0.3, 0.4) is 0 Å². The van der Waals surface area contributed by atoms with Crippen molar-refractivity contribution in [3.05, 3.63) is 29.6 Å². The fourth-order valence-electron chi connectivity index (χ4n) is 3.64. The van der Waals surface area contributed by atoms with E-state index in [1.807, 2.05) is 6.07 Å². The van der Waals surface area contributed by atoms with Crippen LogP contribution in [0.1, 0.15) is 55.7 Å². The van der Waals surface area contributed by atoms with Crippen molar-refractivity contribution >= 4 is 5.78 Å². The molecule has 0 spiro atoms. The van der Waals surface area contributed by atoms with Gasteiger partial charge >= 0.3 is 0 Å². The first-order valence-electron chi connectivity index (χ1n) is 7.50. The second-order valence-electron chi connectivity index (χ2n) is 5.95. The van der Waals surface area contributed by atoms with Gasteiger partial charge in [0.1, 0.15) is 5.78 Å². The van der Waals surface area contributed by atoms with Gasteiger partial charge in [0, 0.05) is 18.2 Å². The Balaban J connectivity index is 1.81. The van der Waals surface area contributed by atoms with E-state index in [1.165, 1.54) is 18.4 Å². The Labute approximate surface area is 114 Å². The van der Waals surface area contributed by atoms with Gasteiger partial charge in [0.05, 0.1) is 11.6 Å². The van der Waals surface area contributed by atoms with Crippen LogP contribution >= 0.6 is 0 Å². The Morgan fingerprint density at radius 3 is 2.95 bits per heavy atom. The van der Waals surface area contributed by atoms with E-state index in [2.05, 4.69) is 11.1 Å². The first-order valence-corrected chi connectivity index (χ1v) is 7.50. The van der Waals surface area contributed by atoms with Gasteiger partial charge in [0.25, 0.3) is 0 Å². The molecule has 0 aliphatic heterocycles. The minimum absolute atomic E-state index is 0.00495. The number of pyridine rings is 1. The SMILES string of the molecule is NC1CCCCCC1C(=O)C1CCc2cccnc21. The summed E-state index contributed by atoms with van der Waals surface area (Å²) in [6, 6.07) is 4.12. The molecule has 3 rings (SSSR count). The average Bonchev–Trinajstić information content (AvgIpc) is 2.74. The van der Waals surface area contributed by atoms with Gasteiger partial charge < -0.3 is 5.73 Å². The van der Waals surface area contributed by atoms with Crippen LogP contribution in [0.25, 0.3) is 0 Å². The van der Waals surface area contributed by atoms with Crippen molar-refractivity contribution < 1.29 is 4.79 Å². The van der Waals surface area contributed by atoms with Gasteiger partial charge in [0.15, 0.2) is 0 Å². The van der Waals surface area contributed by atoms with E-state index < -0.39 is 0 Å². The largest absolute Gasteiger partial charge is 0.327 e. The molecule has 2 aliphatic carbocycles. The van der Waals surface area contributed by atoms with E-state index in [0.717, 1.165) is 37.8 Å². The highest BCUT2D eigenvalue weighted by Gasteiger charge is 2.36. The van der Waals surface area contributed by atoms with Crippen molar-refractivity contribution in [2.45, 2.75) is 56.9 Å². The molecule has 1 fully saturated rings. The zero-order valence-electron chi connectivity index (χ0n) is 11.3. The second kappa shape index (κ2) is 5.41. The molecule has 1 aromatic heterocycles. The number of Topliss-reactive ketones (excluding diaryl/α,β-unsaturated/α-hetero) is 1. The molecule has 1 saturated carbocycles. The molecule has 3 atom stereocenters. The Morgan fingerprint density at radius 2 is 2.05 bits per heavy atom. The molecule has 0 aromatic carbocycles. The van der Waals surface area contributed by atoms with E-state index in [0.29, 0.717) is 5.78 Å². The number of rotatable bonds is 2. The van der Waals surface area contributed by atoms with Crippen LogP contribution in [-0.2, 0) is 11.2 Å². The first kappa shape index (κ1) is 12.8. The van der Waals surface area contributed by atoms with E-state index in [4.69, 9.17) is 5.73 Å². The van der Waals surface area contributed by atoms with Gasteiger partial charge in [-0.2, -0.15) is 0 Å². The quantitative estimate of drug-likeness (QED) is 0.829. The fourth-order valence-corrected chi connectivity index (χ4v) is 3.64. The molecule has 0 amide bonds. The lowest BCUT2D eigenvalue weighted by Crippen LogP contribution is -2.36. The number of carbonyl (C=O) groups excluding carboxylic acids is 1. The van der Waals surface area contributed by atoms with Crippen LogP contribution in [-0.4, -0.2) is 16.8 Å². The van der Waals surface area contributed by atoms with Crippen LogP contribution < -0.4 is 5.73 Å². The summed E-state index contributed by atoms with van der Waals surface area (Å²) in [6.45, 7) is 0. The summed E-state index contributed by atoms with van der Waals surface area (Å²) in [5.74, 6) is 0.414. The molecule has 2 N–H and O–H groups in total. The molecular weight excluding hydrogens is 236 g/mol. The number of nitrogens with zero attached hydrogens (tertiary/aromatic N) is 1. The zero-order chi connectivity index (χ0) is 13.2. The molecule has 3 unspecified atom stereocenters. The third-order valence-electron chi connectivity index (χ3n) is 4.74. The van der Waals surface area contributed by atoms with Crippen molar-refractivity contribution in [2.24, 2.45) is 11.7 Å². The van der Waals surface area contributed by atoms with Crippen LogP contribution in [0, 0.1) is 5.92 Å². The summed E-state index contributed by atoms with van der Waals surface area (Å²) in [6.07, 6.45) is 9.22. The highest BCUT2D eigenvalue weighted by atomic mass is 16.1.